The van der Waals surface area contributed by atoms with Gasteiger partial charge in [-0.3, -0.25) is 14.2 Å². The number of aromatic nitrogens is 2. The van der Waals surface area contributed by atoms with Crippen molar-refractivity contribution in [1.29, 1.82) is 0 Å². The van der Waals surface area contributed by atoms with E-state index in [0.717, 1.165) is 21.3 Å². The highest BCUT2D eigenvalue weighted by molar-refractivity contribution is 7.10. The summed E-state index contributed by atoms with van der Waals surface area (Å²) in [4.78, 5) is 44.9. The van der Waals surface area contributed by atoms with E-state index in [0.29, 0.717) is 27.2 Å². The maximum atomic E-state index is 13.8. The molecule has 0 N–H and O–H groups in total. The Labute approximate surface area is 220 Å². The van der Waals surface area contributed by atoms with Crippen molar-refractivity contribution in [2.24, 2.45) is 4.99 Å². The molecule has 4 aromatic rings. The lowest BCUT2D eigenvalue weighted by Gasteiger charge is -2.23. The molecule has 0 fully saturated rings. The summed E-state index contributed by atoms with van der Waals surface area (Å²) >= 11 is 2.75. The SMILES string of the molecule is CCOC(=O)Cn1cc(C=c2sc3n(c2=O)C(c2cccs2)C(C(=O)OCC)=C(C)N=3)c2ccccc21. The molecule has 190 valence electrons. The first-order valence-corrected chi connectivity index (χ1v) is 13.6. The second-order valence-electron chi connectivity index (χ2n) is 8.35. The molecular formula is C27H25N3O5S2. The molecule has 10 heteroatoms. The topological polar surface area (TPSA) is 91.9 Å². The number of carbonyl (C=O) groups is 2. The van der Waals surface area contributed by atoms with Gasteiger partial charge in [-0.25, -0.2) is 9.79 Å². The number of rotatable bonds is 7. The number of esters is 2. The molecule has 1 aromatic carbocycles. The summed E-state index contributed by atoms with van der Waals surface area (Å²) in [6.45, 7) is 5.91. The minimum absolute atomic E-state index is 0.0733. The lowest BCUT2D eigenvalue weighted by atomic mass is 10.0. The molecule has 8 nitrogen and oxygen atoms in total. The maximum Gasteiger partial charge on any atom is 0.338 e. The van der Waals surface area contributed by atoms with Crippen LogP contribution in [0.15, 0.2) is 69.0 Å². The predicted octanol–water partition coefficient (Wildman–Crippen LogP) is 3.38. The fraction of sp³-hybridized carbons (Fsp3) is 0.259. The molecule has 3 aromatic heterocycles. The Bertz CT molecular complexity index is 1710. The number of hydrogen-bond donors (Lipinski definition) is 0. The second-order valence-corrected chi connectivity index (χ2v) is 10.3. The first kappa shape index (κ1) is 24.9. The molecular weight excluding hydrogens is 510 g/mol. The highest BCUT2D eigenvalue weighted by atomic mass is 32.1. The number of fused-ring (bicyclic) bond motifs is 2. The molecule has 0 saturated heterocycles. The van der Waals surface area contributed by atoms with E-state index in [1.54, 1.807) is 25.3 Å². The fourth-order valence-electron chi connectivity index (χ4n) is 4.52. The van der Waals surface area contributed by atoms with E-state index < -0.39 is 12.0 Å². The summed E-state index contributed by atoms with van der Waals surface area (Å²) in [6, 6.07) is 10.9. The van der Waals surface area contributed by atoms with Gasteiger partial charge in [0.1, 0.15) is 12.6 Å². The van der Waals surface area contributed by atoms with Crippen molar-refractivity contribution in [3.63, 3.8) is 0 Å². The Morgan fingerprint density at radius 2 is 1.89 bits per heavy atom. The molecule has 0 bridgehead atoms. The Morgan fingerprint density at radius 1 is 1.11 bits per heavy atom. The lowest BCUT2D eigenvalue weighted by Crippen LogP contribution is -2.39. The molecule has 0 saturated carbocycles. The van der Waals surface area contributed by atoms with Crippen LogP contribution >= 0.6 is 22.7 Å². The van der Waals surface area contributed by atoms with Gasteiger partial charge in [-0.1, -0.05) is 35.6 Å². The van der Waals surface area contributed by atoms with Crippen LogP contribution in [0.1, 0.15) is 37.3 Å². The molecule has 0 radical (unpaired) electrons. The first-order valence-electron chi connectivity index (χ1n) is 11.9. The number of allylic oxidation sites excluding steroid dienone is 1. The number of benzene rings is 1. The average Bonchev–Trinajstić information content (AvgIpc) is 3.59. The van der Waals surface area contributed by atoms with E-state index in [1.807, 2.05) is 58.6 Å². The first-order chi connectivity index (χ1) is 17.9. The predicted molar refractivity (Wildman–Crippen MR) is 143 cm³/mol. The zero-order valence-corrected chi connectivity index (χ0v) is 22.2. The summed E-state index contributed by atoms with van der Waals surface area (Å²) in [5, 5.41) is 2.83. The van der Waals surface area contributed by atoms with Gasteiger partial charge in [0.15, 0.2) is 4.80 Å². The van der Waals surface area contributed by atoms with Crippen molar-refractivity contribution in [2.75, 3.05) is 13.2 Å². The average molecular weight is 536 g/mol. The van der Waals surface area contributed by atoms with Gasteiger partial charge in [0, 0.05) is 27.5 Å². The van der Waals surface area contributed by atoms with Crippen LogP contribution in [0.3, 0.4) is 0 Å². The summed E-state index contributed by atoms with van der Waals surface area (Å²) in [7, 11) is 0. The summed E-state index contributed by atoms with van der Waals surface area (Å²) in [6.07, 6.45) is 3.68. The highest BCUT2D eigenvalue weighted by Gasteiger charge is 2.33. The molecule has 1 unspecified atom stereocenters. The number of carbonyl (C=O) groups excluding carboxylic acids is 2. The number of thiazole rings is 1. The number of nitrogens with zero attached hydrogens (tertiary/aromatic N) is 3. The van der Waals surface area contributed by atoms with Crippen molar-refractivity contribution in [3.05, 3.63) is 89.4 Å². The molecule has 1 aliphatic heterocycles. The number of ether oxygens (including phenoxy) is 2. The van der Waals surface area contributed by atoms with Gasteiger partial charge in [0.25, 0.3) is 5.56 Å². The molecule has 0 spiro atoms. The van der Waals surface area contributed by atoms with E-state index in [2.05, 4.69) is 4.99 Å². The van der Waals surface area contributed by atoms with Crippen LogP contribution in [0.25, 0.3) is 17.0 Å². The molecule has 5 rings (SSSR count). The van der Waals surface area contributed by atoms with E-state index in [1.165, 1.54) is 22.7 Å². The minimum atomic E-state index is -0.609. The van der Waals surface area contributed by atoms with Crippen LogP contribution in [0.4, 0.5) is 0 Å². The Morgan fingerprint density at radius 3 is 2.62 bits per heavy atom. The minimum Gasteiger partial charge on any atom is -0.465 e. The van der Waals surface area contributed by atoms with Crippen LogP contribution in [0.5, 0.6) is 0 Å². The normalized spacial score (nSPS) is 15.5. The molecule has 1 atom stereocenters. The Kier molecular flexibility index (Phi) is 6.94. The van der Waals surface area contributed by atoms with Gasteiger partial charge in [-0.2, -0.15) is 0 Å². The highest BCUT2D eigenvalue weighted by Crippen LogP contribution is 2.33. The monoisotopic (exact) mass is 535 g/mol. The Balaban J connectivity index is 1.67. The maximum absolute atomic E-state index is 13.8. The quantitative estimate of drug-likeness (QED) is 0.339. The van der Waals surface area contributed by atoms with Crippen LogP contribution in [0.2, 0.25) is 0 Å². The third kappa shape index (κ3) is 4.58. The van der Waals surface area contributed by atoms with Crippen molar-refractivity contribution in [1.82, 2.24) is 9.13 Å². The number of para-hydroxylation sites is 1. The van der Waals surface area contributed by atoms with Crippen molar-refractivity contribution in [3.8, 4) is 0 Å². The van der Waals surface area contributed by atoms with E-state index in [9.17, 15) is 14.4 Å². The fourth-order valence-corrected chi connectivity index (χ4v) is 6.38. The summed E-state index contributed by atoms with van der Waals surface area (Å²) in [5.74, 6) is -0.800. The van der Waals surface area contributed by atoms with E-state index >= 15 is 0 Å². The Hall–Kier alpha value is -3.76. The van der Waals surface area contributed by atoms with Crippen LogP contribution in [0, 0.1) is 0 Å². The van der Waals surface area contributed by atoms with Gasteiger partial charge in [-0.15, -0.1) is 11.3 Å². The van der Waals surface area contributed by atoms with Gasteiger partial charge >= 0.3 is 11.9 Å². The van der Waals surface area contributed by atoms with Crippen LogP contribution < -0.4 is 14.9 Å². The van der Waals surface area contributed by atoms with Gasteiger partial charge in [0.2, 0.25) is 0 Å². The largest absolute Gasteiger partial charge is 0.465 e. The number of hydrogen-bond acceptors (Lipinski definition) is 8. The van der Waals surface area contributed by atoms with Crippen LogP contribution in [-0.2, 0) is 25.6 Å². The van der Waals surface area contributed by atoms with Gasteiger partial charge < -0.3 is 14.0 Å². The second kappa shape index (κ2) is 10.3. The third-order valence-electron chi connectivity index (χ3n) is 6.04. The standard InChI is InChI=1S/C27H25N3O5S2/c1-4-34-22(31)15-29-14-17(18-9-6-7-10-19(18)29)13-21-25(32)30-24(20-11-8-12-36-20)23(26(33)35-5-2)16(3)28-27(30)37-21/h6-14,24H,4-5,15H2,1-3H3. The molecule has 1 aliphatic rings. The molecule has 4 heterocycles. The van der Waals surface area contributed by atoms with Crippen LogP contribution in [-0.4, -0.2) is 34.3 Å². The van der Waals surface area contributed by atoms with Crippen molar-refractivity contribution < 1.29 is 19.1 Å². The van der Waals surface area contributed by atoms with Crippen molar-refractivity contribution in [2.45, 2.75) is 33.4 Å². The van der Waals surface area contributed by atoms with E-state index in [-0.39, 0.29) is 24.7 Å². The molecule has 37 heavy (non-hydrogen) atoms. The van der Waals surface area contributed by atoms with Gasteiger partial charge in [0.05, 0.1) is 29.0 Å². The lowest BCUT2D eigenvalue weighted by molar-refractivity contribution is -0.143. The van der Waals surface area contributed by atoms with Crippen molar-refractivity contribution >= 4 is 51.6 Å². The van der Waals surface area contributed by atoms with E-state index in [4.69, 9.17) is 9.47 Å². The van der Waals surface area contributed by atoms with Gasteiger partial charge in [-0.05, 0) is 44.4 Å². The zero-order valence-electron chi connectivity index (χ0n) is 20.6. The zero-order chi connectivity index (χ0) is 26.1. The number of thiophene rings is 1. The summed E-state index contributed by atoms with van der Waals surface area (Å²) in [5.41, 5.74) is 2.34. The third-order valence-corrected chi connectivity index (χ3v) is 7.95. The summed E-state index contributed by atoms with van der Waals surface area (Å²) < 4.78 is 14.3. The molecule has 0 aliphatic carbocycles. The molecule has 0 amide bonds. The smallest absolute Gasteiger partial charge is 0.338 e.